The summed E-state index contributed by atoms with van der Waals surface area (Å²) >= 11 is 0. The lowest BCUT2D eigenvalue weighted by Crippen LogP contribution is -2.31. The van der Waals surface area contributed by atoms with E-state index >= 15 is 0 Å². The Morgan fingerprint density at radius 2 is 1.79 bits per heavy atom. The fourth-order valence-electron chi connectivity index (χ4n) is 3.43. The predicted molar refractivity (Wildman–Crippen MR) is 107 cm³/mol. The summed E-state index contributed by atoms with van der Waals surface area (Å²) in [4.78, 5) is 51.7. The minimum Gasteiger partial charge on any atom is -0.422 e. The van der Waals surface area contributed by atoms with Gasteiger partial charge in [-0.25, -0.2) is 4.79 Å². The number of hydrogen-bond acceptors (Lipinski definition) is 5. The van der Waals surface area contributed by atoms with Crippen LogP contribution in [0.2, 0.25) is 0 Å². The monoisotopic (exact) mass is 393 g/mol. The van der Waals surface area contributed by atoms with Gasteiger partial charge in [0.25, 0.3) is 17.4 Å². The van der Waals surface area contributed by atoms with Crippen molar-refractivity contribution in [3.05, 3.63) is 74.5 Å². The van der Waals surface area contributed by atoms with Crippen LogP contribution in [0.25, 0.3) is 11.0 Å². The SMILES string of the molecule is Cn1cc(C(=O)N2CCCC2)cc(NC(=O)c2cc3ccccc3oc2=O)c1=O. The third-order valence-electron chi connectivity index (χ3n) is 4.96. The molecule has 0 aliphatic carbocycles. The van der Waals surface area contributed by atoms with E-state index in [9.17, 15) is 19.2 Å². The van der Waals surface area contributed by atoms with Crippen molar-refractivity contribution in [2.45, 2.75) is 12.8 Å². The first kappa shape index (κ1) is 18.7. The van der Waals surface area contributed by atoms with Gasteiger partial charge in [0.05, 0.1) is 5.56 Å². The number of benzene rings is 1. The van der Waals surface area contributed by atoms with Crippen LogP contribution >= 0.6 is 0 Å². The Kier molecular flexibility index (Phi) is 4.75. The van der Waals surface area contributed by atoms with Crippen molar-refractivity contribution < 1.29 is 14.0 Å². The molecular weight excluding hydrogens is 374 g/mol. The molecule has 8 nitrogen and oxygen atoms in total. The minimum absolute atomic E-state index is 0.0740. The van der Waals surface area contributed by atoms with E-state index in [1.807, 2.05) is 0 Å². The molecule has 148 valence electrons. The highest BCUT2D eigenvalue weighted by atomic mass is 16.4. The Hall–Kier alpha value is -3.68. The van der Waals surface area contributed by atoms with E-state index < -0.39 is 17.1 Å². The van der Waals surface area contributed by atoms with Gasteiger partial charge in [0.1, 0.15) is 16.8 Å². The summed E-state index contributed by atoms with van der Waals surface area (Å²) in [5, 5.41) is 3.04. The van der Waals surface area contributed by atoms with Gasteiger partial charge >= 0.3 is 5.63 Å². The summed E-state index contributed by atoms with van der Waals surface area (Å²) in [6.07, 6.45) is 3.33. The lowest BCUT2D eigenvalue weighted by Gasteiger charge is -2.16. The molecule has 0 atom stereocenters. The third-order valence-corrected chi connectivity index (χ3v) is 4.96. The molecular formula is C21H19N3O5. The summed E-state index contributed by atoms with van der Waals surface area (Å²) < 4.78 is 6.41. The highest BCUT2D eigenvalue weighted by Gasteiger charge is 2.22. The van der Waals surface area contributed by atoms with Crippen LogP contribution < -0.4 is 16.5 Å². The van der Waals surface area contributed by atoms with Gasteiger partial charge in [-0.3, -0.25) is 14.4 Å². The fraction of sp³-hybridized carbons (Fsp3) is 0.238. The van der Waals surface area contributed by atoms with Gasteiger partial charge < -0.3 is 19.2 Å². The zero-order valence-corrected chi connectivity index (χ0v) is 15.8. The van der Waals surface area contributed by atoms with Crippen molar-refractivity contribution in [1.82, 2.24) is 9.47 Å². The number of para-hydroxylation sites is 1. The van der Waals surface area contributed by atoms with Gasteiger partial charge in [0.2, 0.25) is 0 Å². The summed E-state index contributed by atoms with van der Waals surface area (Å²) in [6, 6.07) is 9.58. The van der Waals surface area contributed by atoms with Crippen molar-refractivity contribution in [3.8, 4) is 0 Å². The molecule has 0 spiro atoms. The average molecular weight is 393 g/mol. The van der Waals surface area contributed by atoms with Crippen LogP contribution in [0.5, 0.6) is 0 Å². The molecule has 4 rings (SSSR count). The minimum atomic E-state index is -0.803. The second-order valence-corrected chi connectivity index (χ2v) is 7.00. The molecule has 0 bridgehead atoms. The summed E-state index contributed by atoms with van der Waals surface area (Å²) in [5.74, 6) is -0.966. The molecule has 1 aliphatic rings. The number of carbonyl (C=O) groups excluding carboxylic acids is 2. The molecule has 1 fully saturated rings. The van der Waals surface area contributed by atoms with Gasteiger partial charge in [0.15, 0.2) is 0 Å². The van der Waals surface area contributed by atoms with Crippen molar-refractivity contribution in [2.24, 2.45) is 7.05 Å². The molecule has 1 N–H and O–H groups in total. The van der Waals surface area contributed by atoms with Crippen LogP contribution in [0, 0.1) is 0 Å². The maximum Gasteiger partial charge on any atom is 0.349 e. The highest BCUT2D eigenvalue weighted by Crippen LogP contribution is 2.16. The molecule has 0 saturated carbocycles. The van der Waals surface area contributed by atoms with E-state index in [2.05, 4.69) is 5.32 Å². The molecule has 29 heavy (non-hydrogen) atoms. The number of rotatable bonds is 3. The van der Waals surface area contributed by atoms with E-state index in [0.29, 0.717) is 29.6 Å². The van der Waals surface area contributed by atoms with E-state index in [0.717, 1.165) is 12.8 Å². The Morgan fingerprint density at radius 3 is 2.55 bits per heavy atom. The van der Waals surface area contributed by atoms with Gasteiger partial charge in [-0.05, 0) is 31.0 Å². The van der Waals surface area contributed by atoms with Gasteiger partial charge in [-0.2, -0.15) is 0 Å². The van der Waals surface area contributed by atoms with Gasteiger partial charge in [-0.15, -0.1) is 0 Å². The first-order chi connectivity index (χ1) is 13.9. The molecule has 1 saturated heterocycles. The number of fused-ring (bicyclic) bond motifs is 1. The lowest BCUT2D eigenvalue weighted by molar-refractivity contribution is 0.0791. The number of anilines is 1. The largest absolute Gasteiger partial charge is 0.422 e. The molecule has 1 aromatic carbocycles. The molecule has 2 amide bonds. The van der Waals surface area contributed by atoms with Gasteiger partial charge in [-0.1, -0.05) is 18.2 Å². The topological polar surface area (TPSA) is 102 Å². The lowest BCUT2D eigenvalue weighted by atomic mass is 10.1. The predicted octanol–water partition coefficient (Wildman–Crippen LogP) is 1.98. The number of hydrogen-bond donors (Lipinski definition) is 1. The number of likely N-dealkylation sites (tertiary alicyclic amines) is 1. The number of pyridine rings is 1. The Labute approximate surface area is 165 Å². The van der Waals surface area contributed by atoms with Crippen LogP contribution in [-0.4, -0.2) is 34.4 Å². The first-order valence-corrected chi connectivity index (χ1v) is 9.28. The Balaban J connectivity index is 1.67. The summed E-state index contributed by atoms with van der Waals surface area (Å²) in [6.45, 7) is 1.34. The van der Waals surface area contributed by atoms with Crippen molar-refractivity contribution in [2.75, 3.05) is 18.4 Å². The smallest absolute Gasteiger partial charge is 0.349 e. The number of aryl methyl sites for hydroxylation is 1. The van der Waals surface area contributed by atoms with Crippen LogP contribution in [0.3, 0.4) is 0 Å². The molecule has 8 heteroatoms. The summed E-state index contributed by atoms with van der Waals surface area (Å²) in [7, 11) is 1.50. The van der Waals surface area contributed by atoms with Gasteiger partial charge in [0, 0.05) is 31.7 Å². The number of nitrogens with zero attached hydrogens (tertiary/aromatic N) is 2. The maximum absolute atomic E-state index is 12.7. The maximum atomic E-state index is 12.7. The Bertz CT molecular complexity index is 1240. The van der Waals surface area contributed by atoms with Crippen molar-refractivity contribution in [1.29, 1.82) is 0 Å². The fourth-order valence-corrected chi connectivity index (χ4v) is 3.43. The molecule has 0 radical (unpaired) electrons. The van der Waals surface area contributed by atoms with E-state index in [-0.39, 0.29) is 17.2 Å². The molecule has 1 aliphatic heterocycles. The zero-order valence-electron chi connectivity index (χ0n) is 15.8. The number of aromatic nitrogens is 1. The van der Waals surface area contributed by atoms with Crippen LogP contribution in [0.1, 0.15) is 33.6 Å². The first-order valence-electron chi connectivity index (χ1n) is 9.28. The van der Waals surface area contributed by atoms with Crippen LogP contribution in [-0.2, 0) is 7.05 Å². The zero-order chi connectivity index (χ0) is 20.5. The normalized spacial score (nSPS) is 13.6. The quantitative estimate of drug-likeness (QED) is 0.686. The van der Waals surface area contributed by atoms with E-state index in [1.165, 1.54) is 29.9 Å². The number of amides is 2. The second-order valence-electron chi connectivity index (χ2n) is 7.00. The summed E-state index contributed by atoms with van der Waals surface area (Å²) in [5.41, 5.74) is -0.918. The molecule has 3 aromatic rings. The molecule has 3 heterocycles. The highest BCUT2D eigenvalue weighted by molar-refractivity contribution is 6.06. The van der Waals surface area contributed by atoms with Crippen molar-refractivity contribution >= 4 is 28.5 Å². The number of nitrogens with one attached hydrogen (secondary N) is 1. The Morgan fingerprint density at radius 1 is 1.07 bits per heavy atom. The molecule has 2 aromatic heterocycles. The average Bonchev–Trinajstić information content (AvgIpc) is 3.25. The van der Waals surface area contributed by atoms with Crippen LogP contribution in [0.4, 0.5) is 5.69 Å². The van der Waals surface area contributed by atoms with Crippen LogP contribution in [0.15, 0.2) is 56.6 Å². The second kappa shape index (κ2) is 7.38. The van der Waals surface area contributed by atoms with Crippen molar-refractivity contribution in [3.63, 3.8) is 0 Å². The third kappa shape index (κ3) is 3.56. The number of carbonyl (C=O) groups is 2. The standard InChI is InChI=1S/C21H19N3O5/c1-23-12-14(19(26)24-8-4-5-9-24)11-16(20(23)27)22-18(25)15-10-13-6-2-3-7-17(13)29-21(15)28/h2-3,6-7,10-12H,4-5,8-9H2,1H3,(H,22,25). The van der Waals surface area contributed by atoms with E-state index in [4.69, 9.17) is 4.42 Å². The molecule has 0 unspecified atom stereocenters. The van der Waals surface area contributed by atoms with E-state index in [1.54, 1.807) is 29.2 Å².